The van der Waals surface area contributed by atoms with Crippen LogP contribution in [0.1, 0.15) is 23.3 Å². The zero-order valence-electron chi connectivity index (χ0n) is 13.1. The van der Waals surface area contributed by atoms with Crippen molar-refractivity contribution in [3.05, 3.63) is 46.1 Å². The number of nitro benzene ring substituents is 1. The number of nitro groups is 1. The number of rotatable bonds is 3. The number of aromatic nitrogens is 1. The van der Waals surface area contributed by atoms with Crippen molar-refractivity contribution in [2.45, 2.75) is 18.9 Å². The van der Waals surface area contributed by atoms with E-state index in [0.717, 1.165) is 32.5 Å². The van der Waals surface area contributed by atoms with Crippen molar-refractivity contribution in [3.63, 3.8) is 0 Å². The number of benzene rings is 1. The highest BCUT2D eigenvalue weighted by Crippen LogP contribution is 2.28. The molecule has 24 heavy (non-hydrogen) atoms. The Bertz CT molecular complexity index is 815. The normalized spacial score (nSPS) is 25.6. The second-order valence-corrected chi connectivity index (χ2v) is 6.52. The molecule has 7 nitrogen and oxygen atoms in total. The van der Waals surface area contributed by atoms with Crippen LogP contribution in [0.4, 0.5) is 5.69 Å². The van der Waals surface area contributed by atoms with E-state index in [1.807, 2.05) is 0 Å². The molecule has 3 aliphatic rings. The molecular weight excluding hydrogens is 308 g/mol. The minimum atomic E-state index is -0.434. The number of piperidine rings is 3. The Morgan fingerprint density at radius 1 is 1.25 bits per heavy atom. The van der Waals surface area contributed by atoms with Gasteiger partial charge in [0.15, 0.2) is 0 Å². The Labute approximate surface area is 138 Å². The van der Waals surface area contributed by atoms with Crippen molar-refractivity contribution in [1.29, 1.82) is 0 Å². The minimum Gasteiger partial charge on any atom is -0.346 e. The molecule has 1 unspecified atom stereocenters. The molecule has 124 valence electrons. The molecule has 0 spiro atoms. The van der Waals surface area contributed by atoms with Crippen molar-refractivity contribution in [2.24, 2.45) is 5.92 Å². The lowest BCUT2D eigenvalue weighted by atomic mass is 9.84. The number of non-ortho nitro benzene ring substituents is 1. The van der Waals surface area contributed by atoms with E-state index in [9.17, 15) is 14.9 Å². The smallest absolute Gasteiger partial charge is 0.278 e. The largest absolute Gasteiger partial charge is 0.346 e. The first kappa shape index (κ1) is 15.0. The molecule has 5 rings (SSSR count). The van der Waals surface area contributed by atoms with Crippen LogP contribution in [0, 0.1) is 16.0 Å². The van der Waals surface area contributed by atoms with E-state index in [0.29, 0.717) is 22.5 Å². The predicted octanol–water partition coefficient (Wildman–Crippen LogP) is 1.97. The summed E-state index contributed by atoms with van der Waals surface area (Å²) >= 11 is 0. The van der Waals surface area contributed by atoms with Gasteiger partial charge >= 0.3 is 0 Å². The molecule has 0 saturated carbocycles. The van der Waals surface area contributed by atoms with Crippen molar-refractivity contribution in [3.8, 4) is 0 Å². The van der Waals surface area contributed by atoms with E-state index in [2.05, 4.69) is 15.2 Å². The summed E-state index contributed by atoms with van der Waals surface area (Å²) in [6, 6.07) is 8.05. The maximum absolute atomic E-state index is 12.5. The summed E-state index contributed by atoms with van der Waals surface area (Å²) in [5.74, 6) is 0.336. The predicted molar refractivity (Wildman–Crippen MR) is 88.8 cm³/mol. The van der Waals surface area contributed by atoms with Crippen molar-refractivity contribution in [1.82, 2.24) is 15.2 Å². The van der Waals surface area contributed by atoms with Gasteiger partial charge in [0.1, 0.15) is 5.69 Å². The molecular formula is C17H18N4O3. The highest BCUT2D eigenvalue weighted by molar-refractivity contribution is 5.96. The number of carbonyl (C=O) groups is 1. The highest BCUT2D eigenvalue weighted by Gasteiger charge is 2.35. The van der Waals surface area contributed by atoms with Gasteiger partial charge in [0.25, 0.3) is 11.6 Å². The molecule has 2 aromatic rings. The Morgan fingerprint density at radius 2 is 2.04 bits per heavy atom. The van der Waals surface area contributed by atoms with Gasteiger partial charge < -0.3 is 10.2 Å². The van der Waals surface area contributed by atoms with Crippen LogP contribution in [0.3, 0.4) is 0 Å². The fourth-order valence-electron chi connectivity index (χ4n) is 3.80. The summed E-state index contributed by atoms with van der Waals surface area (Å²) in [4.78, 5) is 29.8. The van der Waals surface area contributed by atoms with Crippen molar-refractivity contribution in [2.75, 3.05) is 19.6 Å². The summed E-state index contributed by atoms with van der Waals surface area (Å²) < 4.78 is 0. The summed E-state index contributed by atoms with van der Waals surface area (Å²) in [6.07, 6.45) is 2.25. The van der Waals surface area contributed by atoms with E-state index >= 15 is 0 Å². The molecule has 1 N–H and O–H groups in total. The maximum Gasteiger partial charge on any atom is 0.278 e. The lowest BCUT2D eigenvalue weighted by Gasteiger charge is -2.44. The molecule has 1 aromatic carbocycles. The quantitative estimate of drug-likeness (QED) is 0.688. The molecule has 0 radical (unpaired) electrons. The van der Waals surface area contributed by atoms with Crippen LogP contribution in [0.5, 0.6) is 0 Å². The maximum atomic E-state index is 12.5. The molecule has 3 aliphatic heterocycles. The molecule has 1 aromatic heterocycles. The monoisotopic (exact) mass is 326 g/mol. The Hall–Kier alpha value is -2.54. The third-order valence-corrected chi connectivity index (χ3v) is 5.11. The number of nitrogens with one attached hydrogen (secondary N) is 1. The lowest BCUT2D eigenvalue weighted by Crippen LogP contribution is -2.57. The van der Waals surface area contributed by atoms with E-state index < -0.39 is 4.92 Å². The Morgan fingerprint density at radius 3 is 2.71 bits per heavy atom. The van der Waals surface area contributed by atoms with Gasteiger partial charge in [-0.25, -0.2) is 4.98 Å². The van der Waals surface area contributed by atoms with E-state index in [4.69, 9.17) is 0 Å². The lowest BCUT2D eigenvalue weighted by molar-refractivity contribution is -0.383. The molecule has 1 amide bonds. The average molecular weight is 326 g/mol. The number of fused-ring (bicyclic) bond motifs is 4. The summed E-state index contributed by atoms with van der Waals surface area (Å²) in [5.41, 5.74) is 0.773. The number of hydrogen-bond acceptors (Lipinski definition) is 5. The molecule has 3 fully saturated rings. The molecule has 4 heterocycles. The Kier molecular flexibility index (Phi) is 3.65. The van der Waals surface area contributed by atoms with E-state index in [1.54, 1.807) is 24.3 Å². The van der Waals surface area contributed by atoms with Crippen molar-refractivity contribution >= 4 is 22.5 Å². The highest BCUT2D eigenvalue weighted by atomic mass is 16.6. The third kappa shape index (κ3) is 2.60. The number of carbonyl (C=O) groups excluding carboxylic acids is 1. The zero-order chi connectivity index (χ0) is 16.7. The molecule has 2 bridgehead atoms. The molecule has 3 saturated heterocycles. The summed E-state index contributed by atoms with van der Waals surface area (Å²) in [7, 11) is 0. The van der Waals surface area contributed by atoms with Gasteiger partial charge in [-0.1, -0.05) is 6.07 Å². The van der Waals surface area contributed by atoms with Gasteiger partial charge in [-0.15, -0.1) is 0 Å². The van der Waals surface area contributed by atoms with Crippen molar-refractivity contribution < 1.29 is 9.72 Å². The fourth-order valence-corrected chi connectivity index (χ4v) is 3.80. The fraction of sp³-hybridized carbons (Fsp3) is 0.412. The number of pyridine rings is 1. The van der Waals surface area contributed by atoms with Gasteiger partial charge in [0.05, 0.1) is 15.8 Å². The second-order valence-electron chi connectivity index (χ2n) is 6.52. The van der Waals surface area contributed by atoms with E-state index in [1.165, 1.54) is 6.07 Å². The third-order valence-electron chi connectivity index (χ3n) is 5.11. The van der Waals surface area contributed by atoms with Gasteiger partial charge in [0.2, 0.25) is 0 Å². The van der Waals surface area contributed by atoms with Gasteiger partial charge in [-0.05, 0) is 50.0 Å². The standard InChI is InChI=1S/C17H18N4O3/c22-17(19-15-10-20-8-6-11(15)7-9-20)14-5-4-12-13(18-14)2-1-3-16(12)21(23)24/h1-5,11,15H,6-10H2,(H,19,22). The molecule has 1 atom stereocenters. The SMILES string of the molecule is O=C(NC1CN2CCC1CC2)c1ccc2c([N+](=O)[O-])cccc2n1. The van der Waals surface area contributed by atoms with Crippen LogP contribution in [0.15, 0.2) is 30.3 Å². The first-order valence-electron chi connectivity index (χ1n) is 8.19. The summed E-state index contributed by atoms with van der Waals surface area (Å²) in [6.45, 7) is 3.14. The van der Waals surface area contributed by atoms with Crippen LogP contribution in [-0.4, -0.2) is 46.4 Å². The molecule has 7 heteroatoms. The van der Waals surface area contributed by atoms with E-state index in [-0.39, 0.29) is 17.6 Å². The van der Waals surface area contributed by atoms with Gasteiger partial charge in [0, 0.05) is 18.7 Å². The first-order valence-corrected chi connectivity index (χ1v) is 8.19. The first-order chi connectivity index (χ1) is 11.6. The van der Waals surface area contributed by atoms with Crippen LogP contribution in [0.25, 0.3) is 10.9 Å². The topological polar surface area (TPSA) is 88.4 Å². The van der Waals surface area contributed by atoms with Crippen LogP contribution < -0.4 is 5.32 Å². The Balaban J connectivity index is 1.57. The number of amides is 1. The minimum absolute atomic E-state index is 0.00403. The van der Waals surface area contributed by atoms with Crippen LogP contribution >= 0.6 is 0 Å². The number of hydrogen-bond donors (Lipinski definition) is 1. The second kappa shape index (κ2) is 5.83. The van der Waals surface area contributed by atoms with Gasteiger partial charge in [-0.3, -0.25) is 14.9 Å². The number of nitrogens with zero attached hydrogens (tertiary/aromatic N) is 3. The summed E-state index contributed by atoms with van der Waals surface area (Å²) in [5, 5.41) is 14.6. The zero-order valence-corrected chi connectivity index (χ0v) is 13.1. The molecule has 0 aliphatic carbocycles. The van der Waals surface area contributed by atoms with Gasteiger partial charge in [-0.2, -0.15) is 0 Å². The van der Waals surface area contributed by atoms with Crippen LogP contribution in [-0.2, 0) is 0 Å². The average Bonchev–Trinajstić information content (AvgIpc) is 2.61. The van der Waals surface area contributed by atoms with Crippen LogP contribution in [0.2, 0.25) is 0 Å².